The molecule has 0 N–H and O–H groups in total. The summed E-state index contributed by atoms with van der Waals surface area (Å²) >= 11 is 9.01. The minimum Gasteiger partial charge on any atom is -0.253 e. The lowest BCUT2D eigenvalue weighted by molar-refractivity contribution is 0.594. The summed E-state index contributed by atoms with van der Waals surface area (Å²) in [5.41, 5.74) is 0.105. The van der Waals surface area contributed by atoms with Gasteiger partial charge in [0.25, 0.3) is 10.0 Å². The van der Waals surface area contributed by atoms with E-state index >= 15 is 0 Å². The van der Waals surface area contributed by atoms with Crippen molar-refractivity contribution in [2.24, 2.45) is 0 Å². The van der Waals surface area contributed by atoms with Crippen LogP contribution in [0.3, 0.4) is 0 Å². The number of sulfonamides is 1. The van der Waals surface area contributed by atoms with Crippen molar-refractivity contribution in [2.45, 2.75) is 4.90 Å². The van der Waals surface area contributed by atoms with E-state index in [1.54, 1.807) is 18.2 Å². The number of aromatic nitrogens is 1. The molecule has 1 heterocycles. The summed E-state index contributed by atoms with van der Waals surface area (Å²) in [5, 5.41) is 9.15. The zero-order valence-corrected chi connectivity index (χ0v) is 13.9. The molecule has 8 heteroatoms. The third kappa shape index (κ3) is 3.18. The molecular formula is C13H9BrClN3O2S. The minimum atomic E-state index is -3.82. The Hall–Kier alpha value is -1.62. The highest BCUT2D eigenvalue weighted by Crippen LogP contribution is 2.25. The standard InChI is InChI=1S/C13H9BrClN3O2S/c1-18(13-4-2-3-12(14)17-13)21(19,20)10-5-6-11(15)9(7-10)8-16/h2-7H,1H3. The maximum absolute atomic E-state index is 12.5. The number of benzene rings is 1. The Bertz CT molecular complexity index is 834. The van der Waals surface area contributed by atoms with Crippen LogP contribution in [-0.2, 0) is 10.0 Å². The Balaban J connectivity index is 2.49. The molecule has 21 heavy (non-hydrogen) atoms. The number of hydrogen-bond donors (Lipinski definition) is 0. The van der Waals surface area contributed by atoms with Gasteiger partial charge in [-0.3, -0.25) is 4.31 Å². The molecule has 5 nitrogen and oxygen atoms in total. The van der Waals surface area contributed by atoms with Gasteiger partial charge in [0.15, 0.2) is 0 Å². The van der Waals surface area contributed by atoms with Crippen LogP contribution < -0.4 is 4.31 Å². The summed E-state index contributed by atoms with van der Waals surface area (Å²) in [6.07, 6.45) is 0. The summed E-state index contributed by atoms with van der Waals surface area (Å²) < 4.78 is 26.7. The van der Waals surface area contributed by atoms with Gasteiger partial charge in [-0.2, -0.15) is 5.26 Å². The second-order valence-corrected chi connectivity index (χ2v) is 7.23. The number of hydrogen-bond acceptors (Lipinski definition) is 4. The topological polar surface area (TPSA) is 74.1 Å². The molecule has 0 amide bonds. The smallest absolute Gasteiger partial charge is 0.253 e. The van der Waals surface area contributed by atoms with Gasteiger partial charge >= 0.3 is 0 Å². The van der Waals surface area contributed by atoms with Crippen LogP contribution in [0.5, 0.6) is 0 Å². The van der Waals surface area contributed by atoms with Crippen LogP contribution in [0.25, 0.3) is 0 Å². The molecule has 108 valence electrons. The van der Waals surface area contributed by atoms with Crippen molar-refractivity contribution in [1.29, 1.82) is 5.26 Å². The zero-order chi connectivity index (χ0) is 15.6. The first kappa shape index (κ1) is 15.8. The van der Waals surface area contributed by atoms with E-state index in [0.717, 1.165) is 4.31 Å². The van der Waals surface area contributed by atoms with Crippen LogP contribution in [0.2, 0.25) is 5.02 Å². The quantitative estimate of drug-likeness (QED) is 0.759. The fourth-order valence-electron chi connectivity index (χ4n) is 1.60. The van der Waals surface area contributed by atoms with Gasteiger partial charge in [-0.05, 0) is 46.3 Å². The van der Waals surface area contributed by atoms with E-state index in [-0.39, 0.29) is 21.3 Å². The van der Waals surface area contributed by atoms with Crippen molar-refractivity contribution >= 4 is 43.4 Å². The highest BCUT2D eigenvalue weighted by atomic mass is 79.9. The highest BCUT2D eigenvalue weighted by Gasteiger charge is 2.23. The summed E-state index contributed by atoms with van der Waals surface area (Å²) in [6.45, 7) is 0. The number of nitriles is 1. The summed E-state index contributed by atoms with van der Waals surface area (Å²) in [7, 11) is -2.42. The molecule has 0 aliphatic heterocycles. The lowest BCUT2D eigenvalue weighted by Gasteiger charge is -2.18. The molecule has 2 rings (SSSR count). The van der Waals surface area contributed by atoms with Crippen molar-refractivity contribution < 1.29 is 8.42 Å². The summed E-state index contributed by atoms with van der Waals surface area (Å²) in [5.74, 6) is 0.262. The van der Waals surface area contributed by atoms with Gasteiger partial charge in [0.2, 0.25) is 0 Å². The molecule has 0 aliphatic rings. The van der Waals surface area contributed by atoms with E-state index in [4.69, 9.17) is 16.9 Å². The van der Waals surface area contributed by atoms with Crippen LogP contribution in [-0.4, -0.2) is 20.4 Å². The first-order valence-electron chi connectivity index (χ1n) is 5.67. The molecule has 0 saturated heterocycles. The van der Waals surface area contributed by atoms with Gasteiger partial charge in [0.05, 0.1) is 15.5 Å². The molecule has 0 saturated carbocycles. The van der Waals surface area contributed by atoms with Gasteiger partial charge in [0.1, 0.15) is 16.5 Å². The normalized spacial score (nSPS) is 11.0. The zero-order valence-electron chi connectivity index (χ0n) is 10.8. The Morgan fingerprint density at radius 2 is 2.05 bits per heavy atom. The first-order valence-corrected chi connectivity index (χ1v) is 8.28. The Labute approximate surface area is 136 Å². The van der Waals surface area contributed by atoms with Crippen LogP contribution in [0.15, 0.2) is 45.9 Å². The van der Waals surface area contributed by atoms with Crippen molar-refractivity contribution in [3.05, 3.63) is 51.6 Å². The fraction of sp³-hybridized carbons (Fsp3) is 0.0769. The van der Waals surface area contributed by atoms with Crippen LogP contribution >= 0.6 is 27.5 Å². The molecule has 1 aromatic carbocycles. The third-order valence-electron chi connectivity index (χ3n) is 2.74. The minimum absolute atomic E-state index is 0.0206. The predicted molar refractivity (Wildman–Crippen MR) is 83.7 cm³/mol. The van der Waals surface area contributed by atoms with Gasteiger partial charge in [-0.15, -0.1) is 0 Å². The number of halogens is 2. The van der Waals surface area contributed by atoms with E-state index in [2.05, 4.69) is 20.9 Å². The van der Waals surface area contributed by atoms with E-state index in [1.807, 2.05) is 6.07 Å². The predicted octanol–water partition coefficient (Wildman–Crippen LogP) is 3.19. The van der Waals surface area contributed by atoms with Crippen LogP contribution in [0.1, 0.15) is 5.56 Å². The van der Waals surface area contributed by atoms with E-state index in [0.29, 0.717) is 4.60 Å². The van der Waals surface area contributed by atoms with Crippen molar-refractivity contribution in [3.63, 3.8) is 0 Å². The molecule has 0 spiro atoms. The number of pyridine rings is 1. The monoisotopic (exact) mass is 385 g/mol. The number of anilines is 1. The van der Waals surface area contributed by atoms with Gasteiger partial charge in [-0.25, -0.2) is 13.4 Å². The summed E-state index contributed by atoms with van der Waals surface area (Å²) in [4.78, 5) is 4.08. The molecule has 0 bridgehead atoms. The average molecular weight is 387 g/mol. The fourth-order valence-corrected chi connectivity index (χ4v) is 3.27. The molecular weight excluding hydrogens is 378 g/mol. The number of rotatable bonds is 3. The molecule has 0 atom stereocenters. The molecule has 0 aliphatic carbocycles. The lowest BCUT2D eigenvalue weighted by Crippen LogP contribution is -2.27. The largest absolute Gasteiger partial charge is 0.265 e. The van der Waals surface area contributed by atoms with E-state index < -0.39 is 10.0 Å². The average Bonchev–Trinajstić information content (AvgIpc) is 2.46. The highest BCUT2D eigenvalue weighted by molar-refractivity contribution is 9.10. The van der Waals surface area contributed by atoms with Crippen molar-refractivity contribution in [1.82, 2.24) is 4.98 Å². The van der Waals surface area contributed by atoms with Crippen molar-refractivity contribution in [2.75, 3.05) is 11.4 Å². The molecule has 2 aromatic rings. The SMILES string of the molecule is CN(c1cccc(Br)n1)S(=O)(=O)c1ccc(Cl)c(C#N)c1. The van der Waals surface area contributed by atoms with E-state index in [1.165, 1.54) is 25.2 Å². The first-order chi connectivity index (χ1) is 9.86. The van der Waals surface area contributed by atoms with Gasteiger partial charge in [0, 0.05) is 7.05 Å². The van der Waals surface area contributed by atoms with Crippen LogP contribution in [0.4, 0.5) is 5.82 Å². The second-order valence-electron chi connectivity index (χ2n) is 4.04. The third-order valence-corrected chi connectivity index (χ3v) is 5.27. The van der Waals surface area contributed by atoms with Crippen molar-refractivity contribution in [3.8, 4) is 6.07 Å². The second kappa shape index (κ2) is 6.02. The maximum atomic E-state index is 12.5. The van der Waals surface area contributed by atoms with Crippen LogP contribution in [0, 0.1) is 11.3 Å². The molecule has 1 aromatic heterocycles. The summed E-state index contributed by atoms with van der Waals surface area (Å²) in [6, 6.07) is 10.8. The molecule has 0 radical (unpaired) electrons. The Morgan fingerprint density at radius 3 is 2.67 bits per heavy atom. The van der Waals surface area contributed by atoms with Gasteiger partial charge in [-0.1, -0.05) is 17.7 Å². The molecule has 0 unspecified atom stereocenters. The maximum Gasteiger partial charge on any atom is 0.265 e. The van der Waals surface area contributed by atoms with E-state index in [9.17, 15) is 8.42 Å². The lowest BCUT2D eigenvalue weighted by atomic mass is 10.2. The number of nitrogens with zero attached hydrogens (tertiary/aromatic N) is 3. The molecule has 0 fully saturated rings. The van der Waals surface area contributed by atoms with Gasteiger partial charge < -0.3 is 0 Å². The Morgan fingerprint density at radius 1 is 1.33 bits per heavy atom. The Kier molecular flexibility index (Phi) is 4.52.